The Hall–Kier alpha value is -4.00. The molecule has 4 aromatic rings. The quantitative estimate of drug-likeness (QED) is 0.295. The zero-order chi connectivity index (χ0) is 26.8. The van der Waals surface area contributed by atoms with E-state index in [0.717, 1.165) is 42.3 Å². The molecule has 2 aliphatic rings. The second-order valence-electron chi connectivity index (χ2n) is 10.7. The number of nitrogens with zero attached hydrogens (tertiary/aromatic N) is 4. The number of rotatable bonds is 7. The largest absolute Gasteiger partial charge is 0.334 e. The van der Waals surface area contributed by atoms with Crippen LogP contribution in [0.2, 0.25) is 0 Å². The molecule has 0 bridgehead atoms. The molecule has 0 spiro atoms. The van der Waals surface area contributed by atoms with Crippen molar-refractivity contribution in [2.24, 2.45) is 0 Å². The summed E-state index contributed by atoms with van der Waals surface area (Å²) in [6.07, 6.45) is 5.75. The normalized spacial score (nSPS) is 18.1. The molecular formula is C32H33FN4O2. The van der Waals surface area contributed by atoms with E-state index in [4.69, 9.17) is 4.98 Å². The maximum atomic E-state index is 14.5. The highest BCUT2D eigenvalue weighted by Crippen LogP contribution is 2.34. The Kier molecular flexibility index (Phi) is 7.14. The van der Waals surface area contributed by atoms with Crippen molar-refractivity contribution in [3.8, 4) is 0 Å². The summed E-state index contributed by atoms with van der Waals surface area (Å²) < 4.78 is 16.5. The lowest BCUT2D eigenvalue weighted by Gasteiger charge is -2.35. The minimum absolute atomic E-state index is 0.0606. The van der Waals surface area contributed by atoms with Gasteiger partial charge in [0.25, 0.3) is 0 Å². The van der Waals surface area contributed by atoms with Gasteiger partial charge in [-0.25, -0.2) is 9.37 Å². The molecule has 2 amide bonds. The molecule has 3 aromatic carbocycles. The Balaban J connectivity index is 1.32. The van der Waals surface area contributed by atoms with Gasteiger partial charge in [0, 0.05) is 31.5 Å². The second-order valence-corrected chi connectivity index (χ2v) is 10.7. The van der Waals surface area contributed by atoms with Crippen molar-refractivity contribution in [2.75, 3.05) is 11.4 Å². The van der Waals surface area contributed by atoms with Crippen LogP contribution in [0, 0.1) is 5.82 Å². The number of carbonyl (C=O) groups excluding carboxylic acids is 2. The number of fused-ring (bicyclic) bond motifs is 1. The lowest BCUT2D eigenvalue weighted by molar-refractivity contribution is -0.135. The first-order valence-electron chi connectivity index (χ1n) is 13.9. The van der Waals surface area contributed by atoms with Gasteiger partial charge in [-0.05, 0) is 42.7 Å². The smallest absolute Gasteiger partial charge is 0.243 e. The average molecular weight is 525 g/mol. The van der Waals surface area contributed by atoms with Crippen LogP contribution in [0.4, 0.5) is 10.1 Å². The topological polar surface area (TPSA) is 58.4 Å². The van der Waals surface area contributed by atoms with Gasteiger partial charge < -0.3 is 14.4 Å². The summed E-state index contributed by atoms with van der Waals surface area (Å²) in [5.41, 5.74) is 3.08. The molecule has 1 aromatic heterocycles. The molecule has 2 fully saturated rings. The number of hydrogen-bond acceptors (Lipinski definition) is 3. The van der Waals surface area contributed by atoms with E-state index in [2.05, 4.69) is 17.0 Å². The number of imidazole rings is 1. The van der Waals surface area contributed by atoms with Crippen LogP contribution in [0.1, 0.15) is 55.8 Å². The number of benzene rings is 3. The first-order chi connectivity index (χ1) is 19.1. The van der Waals surface area contributed by atoms with Crippen LogP contribution in [0.25, 0.3) is 11.0 Å². The van der Waals surface area contributed by atoms with Crippen molar-refractivity contribution >= 4 is 28.5 Å². The first kappa shape index (κ1) is 25.3. The number of anilines is 1. The molecule has 1 saturated heterocycles. The van der Waals surface area contributed by atoms with Crippen LogP contribution in [-0.2, 0) is 22.7 Å². The highest BCUT2D eigenvalue weighted by molar-refractivity contribution is 5.96. The lowest BCUT2D eigenvalue weighted by atomic mass is 9.93. The lowest BCUT2D eigenvalue weighted by Crippen LogP contribution is -2.42. The molecule has 2 heterocycles. The van der Waals surface area contributed by atoms with Gasteiger partial charge in [-0.3, -0.25) is 9.59 Å². The summed E-state index contributed by atoms with van der Waals surface area (Å²) in [6.45, 7) is 1.06. The third kappa shape index (κ3) is 5.18. The number of hydrogen-bond donors (Lipinski definition) is 0. The van der Waals surface area contributed by atoms with Crippen molar-refractivity contribution in [2.45, 2.75) is 63.6 Å². The van der Waals surface area contributed by atoms with E-state index in [0.29, 0.717) is 18.9 Å². The second kappa shape index (κ2) is 11.0. The Labute approximate surface area is 228 Å². The fraction of sp³-hybridized carbons (Fsp3) is 0.344. The summed E-state index contributed by atoms with van der Waals surface area (Å²) >= 11 is 0. The SMILES string of the molecule is O=C1CC(c2nc3ccccc3n2CC(=O)N(Cc2ccccc2)C2CCCCC2)CN1c1ccccc1F. The fourth-order valence-electron chi connectivity index (χ4n) is 6.18. The van der Waals surface area contributed by atoms with E-state index in [-0.39, 0.29) is 42.4 Å². The van der Waals surface area contributed by atoms with Gasteiger partial charge in [0.05, 0.1) is 16.7 Å². The van der Waals surface area contributed by atoms with Crippen molar-refractivity contribution < 1.29 is 14.0 Å². The number of aromatic nitrogens is 2. The third-order valence-electron chi connectivity index (χ3n) is 8.14. The van der Waals surface area contributed by atoms with Crippen molar-refractivity contribution in [3.05, 3.63) is 96.1 Å². The van der Waals surface area contributed by atoms with Crippen LogP contribution >= 0.6 is 0 Å². The maximum absolute atomic E-state index is 14.5. The Bertz CT molecular complexity index is 1480. The van der Waals surface area contributed by atoms with E-state index in [9.17, 15) is 14.0 Å². The molecule has 1 saturated carbocycles. The van der Waals surface area contributed by atoms with Crippen molar-refractivity contribution in [1.29, 1.82) is 0 Å². The van der Waals surface area contributed by atoms with E-state index in [1.165, 1.54) is 17.4 Å². The fourth-order valence-corrected chi connectivity index (χ4v) is 6.18. The monoisotopic (exact) mass is 524 g/mol. The summed E-state index contributed by atoms with van der Waals surface area (Å²) in [5, 5.41) is 0. The van der Waals surface area contributed by atoms with E-state index >= 15 is 0 Å². The predicted molar refractivity (Wildman–Crippen MR) is 150 cm³/mol. The molecule has 39 heavy (non-hydrogen) atoms. The van der Waals surface area contributed by atoms with Crippen LogP contribution in [-0.4, -0.2) is 38.9 Å². The highest BCUT2D eigenvalue weighted by Gasteiger charge is 2.36. The van der Waals surface area contributed by atoms with Crippen LogP contribution < -0.4 is 4.90 Å². The van der Waals surface area contributed by atoms with Gasteiger partial charge in [0.2, 0.25) is 11.8 Å². The van der Waals surface area contributed by atoms with Gasteiger partial charge in [0.15, 0.2) is 0 Å². The van der Waals surface area contributed by atoms with Crippen LogP contribution in [0.5, 0.6) is 0 Å². The van der Waals surface area contributed by atoms with Crippen molar-refractivity contribution in [3.63, 3.8) is 0 Å². The number of carbonyl (C=O) groups is 2. The van der Waals surface area contributed by atoms with E-state index in [1.807, 2.05) is 47.0 Å². The predicted octanol–water partition coefficient (Wildman–Crippen LogP) is 6.06. The molecule has 200 valence electrons. The van der Waals surface area contributed by atoms with Gasteiger partial charge >= 0.3 is 0 Å². The molecular weight excluding hydrogens is 491 g/mol. The minimum Gasteiger partial charge on any atom is -0.334 e. The zero-order valence-electron chi connectivity index (χ0n) is 22.0. The molecule has 6 nitrogen and oxygen atoms in total. The number of amides is 2. The molecule has 6 rings (SSSR count). The maximum Gasteiger partial charge on any atom is 0.243 e. The standard InChI is InChI=1S/C32H33FN4O2/c33-26-15-7-9-17-28(26)36-21-24(19-30(36)38)32-34-27-16-8-10-18-29(27)37(32)22-31(39)35(25-13-5-2-6-14-25)20-23-11-3-1-4-12-23/h1,3-4,7-12,15-18,24-25H,2,5-6,13-14,19-22H2. The first-order valence-corrected chi connectivity index (χ1v) is 13.9. The van der Waals surface area contributed by atoms with Gasteiger partial charge in [-0.15, -0.1) is 0 Å². The average Bonchev–Trinajstić information content (AvgIpc) is 3.53. The highest BCUT2D eigenvalue weighted by atomic mass is 19.1. The third-order valence-corrected chi connectivity index (χ3v) is 8.14. The molecule has 1 aliphatic heterocycles. The summed E-state index contributed by atoms with van der Waals surface area (Å²) in [4.78, 5) is 35.6. The Morgan fingerprint density at radius 2 is 1.64 bits per heavy atom. The zero-order valence-corrected chi connectivity index (χ0v) is 22.0. The molecule has 1 atom stereocenters. The van der Waals surface area contributed by atoms with Gasteiger partial charge in [0.1, 0.15) is 18.2 Å². The van der Waals surface area contributed by atoms with Crippen molar-refractivity contribution in [1.82, 2.24) is 14.5 Å². The number of halogens is 1. The summed E-state index contributed by atoms with van der Waals surface area (Å²) in [6, 6.07) is 24.5. The Morgan fingerprint density at radius 3 is 2.44 bits per heavy atom. The van der Waals surface area contributed by atoms with Gasteiger partial charge in [-0.2, -0.15) is 0 Å². The van der Waals surface area contributed by atoms with Crippen LogP contribution in [0.3, 0.4) is 0 Å². The molecule has 0 N–H and O–H groups in total. The minimum atomic E-state index is -0.417. The number of para-hydroxylation sites is 3. The summed E-state index contributed by atoms with van der Waals surface area (Å²) in [5.74, 6) is -0.0257. The molecule has 0 radical (unpaired) electrons. The molecule has 1 unspecified atom stereocenters. The molecule has 1 aliphatic carbocycles. The summed E-state index contributed by atoms with van der Waals surface area (Å²) in [7, 11) is 0. The van der Waals surface area contributed by atoms with E-state index < -0.39 is 5.82 Å². The molecule has 7 heteroatoms. The Morgan fingerprint density at radius 1 is 0.923 bits per heavy atom. The van der Waals surface area contributed by atoms with E-state index in [1.54, 1.807) is 18.2 Å². The van der Waals surface area contributed by atoms with Crippen LogP contribution in [0.15, 0.2) is 78.9 Å². The van der Waals surface area contributed by atoms with Gasteiger partial charge in [-0.1, -0.05) is 73.9 Å².